The highest BCUT2D eigenvalue weighted by atomic mass is 19.4. The Morgan fingerprint density at radius 3 is 1.87 bits per heavy atom. The van der Waals surface area contributed by atoms with Crippen molar-refractivity contribution in [2.45, 2.75) is 45.7 Å². The lowest BCUT2D eigenvalue weighted by molar-refractivity contribution is -0.142. The minimum Gasteiger partial charge on any atom is -0.445 e. The van der Waals surface area contributed by atoms with Gasteiger partial charge in [0, 0.05) is 11.8 Å². The third kappa shape index (κ3) is 2.52. The van der Waals surface area contributed by atoms with E-state index in [-0.39, 0.29) is 23.5 Å². The van der Waals surface area contributed by atoms with Gasteiger partial charge in [0.05, 0.1) is 0 Å². The molecule has 1 aromatic heterocycles. The lowest BCUT2D eigenvalue weighted by atomic mass is 10.1. The number of halogens is 3. The van der Waals surface area contributed by atoms with Crippen molar-refractivity contribution in [2.24, 2.45) is 0 Å². The Kier molecular flexibility index (Phi) is 3.11. The van der Waals surface area contributed by atoms with Gasteiger partial charge in [-0.2, -0.15) is 13.2 Å². The van der Waals surface area contributed by atoms with Gasteiger partial charge in [-0.15, -0.1) is 0 Å². The molecule has 0 fully saturated rings. The van der Waals surface area contributed by atoms with E-state index in [9.17, 15) is 13.2 Å². The maximum Gasteiger partial charge on any atom is 0.436 e. The second-order valence-electron chi connectivity index (χ2n) is 4.07. The molecule has 1 aromatic rings. The molecule has 1 heterocycles. The SMILES string of the molecule is CC(C)c1nc(C(F)(F)F)c(C(C)C)o1. The van der Waals surface area contributed by atoms with Gasteiger partial charge in [-0.1, -0.05) is 27.7 Å². The molecule has 0 radical (unpaired) electrons. The van der Waals surface area contributed by atoms with E-state index < -0.39 is 11.9 Å². The van der Waals surface area contributed by atoms with E-state index in [1.807, 2.05) is 0 Å². The van der Waals surface area contributed by atoms with Gasteiger partial charge < -0.3 is 4.42 Å². The average molecular weight is 221 g/mol. The number of oxazole rings is 1. The summed E-state index contributed by atoms with van der Waals surface area (Å²) >= 11 is 0. The van der Waals surface area contributed by atoms with Crippen molar-refractivity contribution < 1.29 is 17.6 Å². The Morgan fingerprint density at radius 2 is 1.60 bits per heavy atom. The predicted molar refractivity (Wildman–Crippen MR) is 49.7 cm³/mol. The first-order valence-electron chi connectivity index (χ1n) is 4.81. The first-order chi connectivity index (χ1) is 6.73. The van der Waals surface area contributed by atoms with E-state index in [1.54, 1.807) is 27.7 Å². The number of alkyl halides is 3. The number of hydrogen-bond acceptors (Lipinski definition) is 2. The summed E-state index contributed by atoms with van der Waals surface area (Å²) in [6.07, 6.45) is -4.43. The molecule has 0 aromatic carbocycles. The Hall–Kier alpha value is -1.00. The minimum absolute atomic E-state index is 0.0776. The summed E-state index contributed by atoms with van der Waals surface area (Å²) in [5, 5.41) is 0. The first-order valence-corrected chi connectivity index (χ1v) is 4.81. The van der Waals surface area contributed by atoms with Gasteiger partial charge in [-0.05, 0) is 0 Å². The predicted octanol–water partition coefficient (Wildman–Crippen LogP) is 3.94. The molecule has 0 bridgehead atoms. The monoisotopic (exact) mass is 221 g/mol. The van der Waals surface area contributed by atoms with Crippen molar-refractivity contribution in [2.75, 3.05) is 0 Å². The normalized spacial score (nSPS) is 12.9. The first kappa shape index (κ1) is 12.1. The van der Waals surface area contributed by atoms with Gasteiger partial charge >= 0.3 is 6.18 Å². The Balaban J connectivity index is 3.24. The van der Waals surface area contributed by atoms with Crippen LogP contribution in [0.4, 0.5) is 13.2 Å². The van der Waals surface area contributed by atoms with Crippen molar-refractivity contribution in [1.29, 1.82) is 0 Å². The van der Waals surface area contributed by atoms with Gasteiger partial charge in [0.15, 0.2) is 11.6 Å². The molecule has 5 heteroatoms. The second-order valence-corrected chi connectivity index (χ2v) is 4.07. The fourth-order valence-corrected chi connectivity index (χ4v) is 1.19. The van der Waals surface area contributed by atoms with Crippen LogP contribution in [0.25, 0.3) is 0 Å². The summed E-state index contributed by atoms with van der Waals surface area (Å²) in [6.45, 7) is 6.80. The standard InChI is InChI=1S/C10H14F3NO/c1-5(2)7-8(10(11,12)13)14-9(15-7)6(3)4/h5-6H,1-4H3. The van der Waals surface area contributed by atoms with Crippen LogP contribution in [0.3, 0.4) is 0 Å². The summed E-state index contributed by atoms with van der Waals surface area (Å²) in [4.78, 5) is 3.51. The summed E-state index contributed by atoms with van der Waals surface area (Å²) in [5.74, 6) is -0.391. The lowest BCUT2D eigenvalue weighted by Crippen LogP contribution is -2.09. The highest BCUT2D eigenvalue weighted by molar-refractivity contribution is 5.17. The summed E-state index contributed by atoms with van der Waals surface area (Å²) < 4.78 is 42.8. The smallest absolute Gasteiger partial charge is 0.436 e. The molecule has 0 aliphatic carbocycles. The fraction of sp³-hybridized carbons (Fsp3) is 0.700. The van der Waals surface area contributed by atoms with E-state index >= 15 is 0 Å². The molecule has 0 aliphatic heterocycles. The molecule has 0 unspecified atom stereocenters. The minimum atomic E-state index is -4.43. The maximum absolute atomic E-state index is 12.6. The van der Waals surface area contributed by atoms with E-state index in [4.69, 9.17) is 4.42 Å². The molecule has 0 atom stereocenters. The van der Waals surface area contributed by atoms with Crippen LogP contribution in [-0.2, 0) is 6.18 Å². The van der Waals surface area contributed by atoms with Crippen LogP contribution in [0.5, 0.6) is 0 Å². The molecule has 0 N–H and O–H groups in total. The third-order valence-electron chi connectivity index (χ3n) is 1.96. The van der Waals surface area contributed by atoms with Crippen molar-refractivity contribution in [3.05, 3.63) is 17.3 Å². The number of aromatic nitrogens is 1. The zero-order valence-corrected chi connectivity index (χ0v) is 9.14. The van der Waals surface area contributed by atoms with Crippen molar-refractivity contribution >= 4 is 0 Å². The largest absolute Gasteiger partial charge is 0.445 e. The molecule has 0 saturated carbocycles. The number of hydrogen-bond donors (Lipinski definition) is 0. The maximum atomic E-state index is 12.6. The molecule has 0 aliphatic rings. The quantitative estimate of drug-likeness (QED) is 0.755. The molecule has 1 rings (SSSR count). The van der Waals surface area contributed by atoms with Crippen LogP contribution in [0.1, 0.15) is 56.9 Å². The molecule has 86 valence electrons. The Morgan fingerprint density at radius 1 is 1.07 bits per heavy atom. The van der Waals surface area contributed by atoms with Crippen molar-refractivity contribution in [3.8, 4) is 0 Å². The second kappa shape index (κ2) is 3.87. The Bertz CT molecular complexity index is 339. The molecular formula is C10H14F3NO. The van der Waals surface area contributed by atoms with Crippen LogP contribution in [0, 0.1) is 0 Å². The van der Waals surface area contributed by atoms with E-state index in [2.05, 4.69) is 4.98 Å². The molecule has 2 nitrogen and oxygen atoms in total. The summed E-state index contributed by atoms with van der Waals surface area (Å²) in [7, 11) is 0. The van der Waals surface area contributed by atoms with Gasteiger partial charge in [-0.25, -0.2) is 4.98 Å². The molecule has 0 spiro atoms. The van der Waals surface area contributed by atoms with Gasteiger partial charge in [0.1, 0.15) is 5.76 Å². The van der Waals surface area contributed by atoms with Crippen LogP contribution in [0.2, 0.25) is 0 Å². The Labute approximate surface area is 86.5 Å². The van der Waals surface area contributed by atoms with Crippen molar-refractivity contribution in [1.82, 2.24) is 4.98 Å². The molecule has 0 saturated heterocycles. The van der Waals surface area contributed by atoms with E-state index in [0.29, 0.717) is 0 Å². The van der Waals surface area contributed by atoms with Gasteiger partial charge in [0.2, 0.25) is 0 Å². The van der Waals surface area contributed by atoms with Crippen molar-refractivity contribution in [3.63, 3.8) is 0 Å². The van der Waals surface area contributed by atoms with Crippen LogP contribution < -0.4 is 0 Å². The molecular weight excluding hydrogens is 207 g/mol. The van der Waals surface area contributed by atoms with E-state index in [0.717, 1.165) is 0 Å². The number of rotatable bonds is 2. The third-order valence-corrected chi connectivity index (χ3v) is 1.96. The average Bonchev–Trinajstić information content (AvgIpc) is 2.45. The van der Waals surface area contributed by atoms with Crippen LogP contribution in [0.15, 0.2) is 4.42 Å². The molecule has 0 amide bonds. The lowest BCUT2D eigenvalue weighted by Gasteiger charge is -2.06. The zero-order valence-electron chi connectivity index (χ0n) is 9.14. The zero-order chi connectivity index (χ0) is 11.8. The van der Waals surface area contributed by atoms with E-state index in [1.165, 1.54) is 0 Å². The van der Waals surface area contributed by atoms with Gasteiger partial charge in [-0.3, -0.25) is 0 Å². The van der Waals surface area contributed by atoms with Crippen LogP contribution >= 0.6 is 0 Å². The summed E-state index contributed by atoms with van der Waals surface area (Å²) in [5.41, 5.74) is -0.888. The van der Waals surface area contributed by atoms with Gasteiger partial charge in [0.25, 0.3) is 0 Å². The topological polar surface area (TPSA) is 26.0 Å². The highest BCUT2D eigenvalue weighted by Gasteiger charge is 2.39. The summed E-state index contributed by atoms with van der Waals surface area (Å²) in [6, 6.07) is 0. The van der Waals surface area contributed by atoms with Crippen LogP contribution in [-0.4, -0.2) is 4.98 Å². The number of nitrogens with zero attached hydrogens (tertiary/aromatic N) is 1. The molecule has 15 heavy (non-hydrogen) atoms. The highest BCUT2D eigenvalue weighted by Crippen LogP contribution is 2.36. The fourth-order valence-electron chi connectivity index (χ4n) is 1.19.